The molecule has 2 atom stereocenters. The SMILES string of the molecule is Cc1cc(NC(=O)c2c3c(cn2C)S(=O)(=O)N[C@H]2CNCC[C@H]2CO3)ccc1F. The number of benzene rings is 1. The molecule has 1 fully saturated rings. The predicted octanol–water partition coefficient (Wildman–Crippen LogP) is 1.37. The molecule has 29 heavy (non-hydrogen) atoms. The molecule has 0 spiro atoms. The van der Waals surface area contributed by atoms with E-state index < -0.39 is 15.9 Å². The van der Waals surface area contributed by atoms with E-state index in [4.69, 9.17) is 4.74 Å². The summed E-state index contributed by atoms with van der Waals surface area (Å²) < 4.78 is 49.4. The molecule has 2 aliphatic rings. The van der Waals surface area contributed by atoms with E-state index in [0.29, 0.717) is 24.4 Å². The van der Waals surface area contributed by atoms with Crippen molar-refractivity contribution in [1.82, 2.24) is 14.6 Å². The van der Waals surface area contributed by atoms with E-state index in [1.54, 1.807) is 14.0 Å². The second kappa shape index (κ2) is 7.43. The summed E-state index contributed by atoms with van der Waals surface area (Å²) in [5.74, 6) is -0.857. The Kier molecular flexibility index (Phi) is 5.09. The van der Waals surface area contributed by atoms with Gasteiger partial charge in [0.15, 0.2) is 11.4 Å². The zero-order chi connectivity index (χ0) is 20.8. The second-order valence-corrected chi connectivity index (χ2v) is 9.17. The highest BCUT2D eigenvalue weighted by atomic mass is 32.2. The lowest BCUT2D eigenvalue weighted by atomic mass is 9.94. The Labute approximate surface area is 168 Å². The Bertz CT molecular complexity index is 1070. The summed E-state index contributed by atoms with van der Waals surface area (Å²) in [5.41, 5.74) is 0.902. The number of aromatic nitrogens is 1. The quantitative estimate of drug-likeness (QED) is 0.679. The van der Waals surface area contributed by atoms with Crippen molar-refractivity contribution in [3.63, 3.8) is 0 Å². The number of nitrogens with zero attached hydrogens (tertiary/aromatic N) is 1. The summed E-state index contributed by atoms with van der Waals surface area (Å²) in [6.45, 7) is 3.22. The summed E-state index contributed by atoms with van der Waals surface area (Å²) >= 11 is 0. The van der Waals surface area contributed by atoms with E-state index in [1.165, 1.54) is 29.0 Å². The molecule has 2 aliphatic heterocycles. The molecule has 1 saturated heterocycles. The molecule has 1 aromatic carbocycles. The number of piperidine rings is 1. The molecule has 8 nitrogen and oxygen atoms in total. The van der Waals surface area contributed by atoms with Gasteiger partial charge >= 0.3 is 0 Å². The maximum absolute atomic E-state index is 13.5. The first-order valence-electron chi connectivity index (χ1n) is 9.39. The highest BCUT2D eigenvalue weighted by Gasteiger charge is 2.37. The zero-order valence-corrected chi connectivity index (χ0v) is 17.0. The summed E-state index contributed by atoms with van der Waals surface area (Å²) in [6.07, 6.45) is 2.14. The first-order valence-corrected chi connectivity index (χ1v) is 10.9. The number of hydrogen-bond acceptors (Lipinski definition) is 5. The lowest BCUT2D eigenvalue weighted by molar-refractivity contribution is 0.101. The minimum absolute atomic E-state index is 0.00930. The van der Waals surface area contributed by atoms with Gasteiger partial charge in [-0.25, -0.2) is 17.5 Å². The number of hydrogen-bond donors (Lipinski definition) is 3. The van der Waals surface area contributed by atoms with Crippen molar-refractivity contribution >= 4 is 21.6 Å². The van der Waals surface area contributed by atoms with Gasteiger partial charge < -0.3 is 19.9 Å². The summed E-state index contributed by atoms with van der Waals surface area (Å²) in [5, 5.41) is 5.88. The molecule has 2 aromatic rings. The molecule has 0 aliphatic carbocycles. The first-order chi connectivity index (χ1) is 13.8. The number of amides is 1. The van der Waals surface area contributed by atoms with Crippen LogP contribution >= 0.6 is 0 Å². The average molecular weight is 422 g/mol. The number of rotatable bonds is 2. The fourth-order valence-electron chi connectivity index (χ4n) is 3.79. The number of fused-ring (bicyclic) bond motifs is 2. The van der Waals surface area contributed by atoms with Crippen LogP contribution in [0.25, 0.3) is 0 Å². The molecule has 1 amide bonds. The fraction of sp³-hybridized carbons (Fsp3) is 0.421. The van der Waals surface area contributed by atoms with Crippen molar-refractivity contribution < 1.29 is 22.3 Å². The number of sulfonamides is 1. The van der Waals surface area contributed by atoms with Gasteiger partial charge in [-0.15, -0.1) is 0 Å². The maximum Gasteiger partial charge on any atom is 0.276 e. The van der Waals surface area contributed by atoms with Crippen LogP contribution in [-0.2, 0) is 17.1 Å². The molecule has 3 N–H and O–H groups in total. The lowest BCUT2D eigenvalue weighted by Gasteiger charge is -2.34. The van der Waals surface area contributed by atoms with Gasteiger partial charge in [0.25, 0.3) is 5.91 Å². The van der Waals surface area contributed by atoms with Crippen LogP contribution in [0.4, 0.5) is 10.1 Å². The molecule has 3 heterocycles. The van der Waals surface area contributed by atoms with Gasteiger partial charge in [-0.1, -0.05) is 0 Å². The van der Waals surface area contributed by atoms with Crippen LogP contribution < -0.4 is 20.1 Å². The zero-order valence-electron chi connectivity index (χ0n) is 16.2. The standard InChI is InChI=1S/C19H23FN4O4S/c1-11-7-13(3-4-14(11)20)22-19(25)17-18-16(9-24(17)2)29(26,27)23-15-8-21-6-5-12(15)10-28-18/h3-4,7,9,12,15,21,23H,5-6,8,10H2,1-2H3,(H,22,25)/t12-,15-/m0/s1. The van der Waals surface area contributed by atoms with Gasteiger partial charge in [-0.05, 0) is 43.7 Å². The molecule has 0 unspecified atom stereocenters. The number of nitrogens with one attached hydrogen (secondary N) is 3. The first kappa shape index (κ1) is 19.9. The van der Waals surface area contributed by atoms with Crippen LogP contribution in [-0.4, -0.2) is 44.6 Å². The predicted molar refractivity (Wildman–Crippen MR) is 105 cm³/mol. The van der Waals surface area contributed by atoms with E-state index in [-0.39, 0.29) is 34.1 Å². The summed E-state index contributed by atoms with van der Waals surface area (Å²) in [4.78, 5) is 12.9. The second-order valence-electron chi connectivity index (χ2n) is 7.49. The topological polar surface area (TPSA) is 101 Å². The number of ether oxygens (including phenoxy) is 1. The molecule has 0 bridgehead atoms. The van der Waals surface area contributed by atoms with Crippen molar-refractivity contribution in [3.05, 3.63) is 41.5 Å². The van der Waals surface area contributed by atoms with Crippen molar-refractivity contribution in [2.24, 2.45) is 13.0 Å². The third-order valence-corrected chi connectivity index (χ3v) is 6.88. The van der Waals surface area contributed by atoms with Crippen LogP contribution in [0.2, 0.25) is 0 Å². The van der Waals surface area contributed by atoms with E-state index in [9.17, 15) is 17.6 Å². The molecule has 0 radical (unpaired) electrons. The van der Waals surface area contributed by atoms with Crippen LogP contribution in [0.15, 0.2) is 29.3 Å². The number of carbonyl (C=O) groups excluding carboxylic acids is 1. The normalized spacial score (nSPS) is 23.1. The van der Waals surface area contributed by atoms with E-state index in [2.05, 4.69) is 15.4 Å². The molecule has 1 aromatic heterocycles. The Morgan fingerprint density at radius 3 is 2.93 bits per heavy atom. The van der Waals surface area contributed by atoms with Crippen LogP contribution in [0, 0.1) is 18.7 Å². The third kappa shape index (κ3) is 3.75. The summed E-state index contributed by atoms with van der Waals surface area (Å²) in [6, 6.07) is 3.97. The lowest BCUT2D eigenvalue weighted by Crippen LogP contribution is -2.53. The molecular formula is C19H23FN4O4S. The van der Waals surface area contributed by atoms with Gasteiger partial charge in [0, 0.05) is 37.4 Å². The van der Waals surface area contributed by atoms with Gasteiger partial charge in [0.2, 0.25) is 10.0 Å². The van der Waals surface area contributed by atoms with Gasteiger partial charge in [0.05, 0.1) is 6.61 Å². The number of halogens is 1. The molecule has 156 valence electrons. The number of anilines is 1. The number of carbonyl (C=O) groups is 1. The Morgan fingerprint density at radius 1 is 1.38 bits per heavy atom. The fourth-order valence-corrected chi connectivity index (χ4v) is 5.28. The molecular weight excluding hydrogens is 399 g/mol. The van der Waals surface area contributed by atoms with Gasteiger partial charge in [-0.2, -0.15) is 0 Å². The molecule has 0 saturated carbocycles. The van der Waals surface area contributed by atoms with Crippen LogP contribution in [0.1, 0.15) is 22.5 Å². The monoisotopic (exact) mass is 422 g/mol. The molecule has 4 rings (SSSR count). The van der Waals surface area contributed by atoms with Crippen LogP contribution in [0.5, 0.6) is 5.75 Å². The highest BCUT2D eigenvalue weighted by molar-refractivity contribution is 7.89. The Hall–Kier alpha value is -2.43. The van der Waals surface area contributed by atoms with Crippen molar-refractivity contribution in [2.75, 3.05) is 25.0 Å². The average Bonchev–Trinajstić information content (AvgIpc) is 3.00. The van der Waals surface area contributed by atoms with Crippen molar-refractivity contribution in [3.8, 4) is 5.75 Å². The number of aryl methyl sites for hydroxylation is 2. The highest BCUT2D eigenvalue weighted by Crippen LogP contribution is 2.34. The van der Waals surface area contributed by atoms with Gasteiger partial charge in [0.1, 0.15) is 10.7 Å². The van der Waals surface area contributed by atoms with Gasteiger partial charge in [-0.3, -0.25) is 4.79 Å². The Morgan fingerprint density at radius 2 is 2.17 bits per heavy atom. The third-order valence-electron chi connectivity index (χ3n) is 5.40. The minimum Gasteiger partial charge on any atom is -0.489 e. The van der Waals surface area contributed by atoms with E-state index in [0.717, 1.165) is 13.0 Å². The molecule has 10 heteroatoms. The minimum atomic E-state index is -3.86. The van der Waals surface area contributed by atoms with Crippen molar-refractivity contribution in [1.29, 1.82) is 0 Å². The maximum atomic E-state index is 13.5. The van der Waals surface area contributed by atoms with Crippen molar-refractivity contribution in [2.45, 2.75) is 24.3 Å². The smallest absolute Gasteiger partial charge is 0.276 e. The summed E-state index contributed by atoms with van der Waals surface area (Å²) in [7, 11) is -2.27. The largest absolute Gasteiger partial charge is 0.489 e. The van der Waals surface area contributed by atoms with Crippen LogP contribution in [0.3, 0.4) is 0 Å². The Balaban J connectivity index is 1.69. The van der Waals surface area contributed by atoms with E-state index in [1.807, 2.05) is 0 Å². The van der Waals surface area contributed by atoms with E-state index >= 15 is 0 Å².